The molecule has 2 aromatic carbocycles. The van der Waals surface area contributed by atoms with E-state index in [2.05, 4.69) is 10.4 Å². The molecule has 7 heteroatoms. The highest BCUT2D eigenvalue weighted by molar-refractivity contribution is 7.19. The maximum atomic E-state index is 13.1. The number of nitrogens with one attached hydrogen (secondary N) is 1. The molecule has 152 valence electrons. The number of thiophene rings is 1. The second-order valence-electron chi connectivity index (χ2n) is 6.78. The van der Waals surface area contributed by atoms with E-state index in [-0.39, 0.29) is 12.2 Å². The zero-order chi connectivity index (χ0) is 21.1. The number of carbonyl (C=O) groups is 1. The first-order valence-electron chi connectivity index (χ1n) is 9.65. The average Bonchev–Trinajstić information content (AvgIpc) is 3.11. The first-order chi connectivity index (χ1) is 14.6. The lowest BCUT2D eigenvalue weighted by atomic mass is 10.0. The Kier molecular flexibility index (Phi) is 5.63. The maximum absolute atomic E-state index is 13.1. The smallest absolute Gasteiger partial charge is 0.281 e. The molecular weight excluding hydrogens is 398 g/mol. The number of ether oxygens (including phenoxy) is 1. The molecule has 1 amide bonds. The molecule has 4 aromatic rings. The molecule has 0 bridgehead atoms. The summed E-state index contributed by atoms with van der Waals surface area (Å²) in [6, 6.07) is 17.3. The Labute approximate surface area is 177 Å². The van der Waals surface area contributed by atoms with Crippen LogP contribution in [-0.2, 0) is 11.2 Å². The van der Waals surface area contributed by atoms with Crippen molar-refractivity contribution in [3.63, 3.8) is 0 Å². The minimum atomic E-state index is -0.433. The van der Waals surface area contributed by atoms with E-state index < -0.39 is 5.91 Å². The highest BCUT2D eigenvalue weighted by Crippen LogP contribution is 2.35. The SMILES string of the molecule is CCc1ccccc1OCC(=O)Nn1cnc2sc(C)c(-c3ccccc3)c2c1=O. The highest BCUT2D eigenvalue weighted by atomic mass is 32.1. The summed E-state index contributed by atoms with van der Waals surface area (Å²) in [5.41, 5.74) is 5.09. The number of amides is 1. The van der Waals surface area contributed by atoms with E-state index in [1.165, 1.54) is 17.7 Å². The van der Waals surface area contributed by atoms with Crippen LogP contribution in [0.15, 0.2) is 65.7 Å². The van der Waals surface area contributed by atoms with Crippen LogP contribution in [0, 0.1) is 6.92 Å². The number of hydrogen-bond acceptors (Lipinski definition) is 5. The van der Waals surface area contributed by atoms with Gasteiger partial charge in [0.1, 0.15) is 16.9 Å². The largest absolute Gasteiger partial charge is 0.483 e. The molecule has 6 nitrogen and oxygen atoms in total. The average molecular weight is 420 g/mol. The molecule has 0 radical (unpaired) electrons. The molecule has 0 aliphatic heterocycles. The minimum absolute atomic E-state index is 0.199. The van der Waals surface area contributed by atoms with E-state index in [1.807, 2.05) is 68.4 Å². The standard InChI is InChI=1S/C23H21N3O3S/c1-3-16-9-7-8-12-18(16)29-13-19(27)25-26-14-24-22-21(23(26)28)20(15(2)30-22)17-10-5-4-6-11-17/h4-12,14H,3,13H2,1-2H3,(H,25,27). The summed E-state index contributed by atoms with van der Waals surface area (Å²) < 4.78 is 6.76. The predicted molar refractivity (Wildman–Crippen MR) is 120 cm³/mol. The Morgan fingerprint density at radius 3 is 2.63 bits per heavy atom. The van der Waals surface area contributed by atoms with E-state index in [0.29, 0.717) is 16.0 Å². The van der Waals surface area contributed by atoms with E-state index in [4.69, 9.17) is 4.74 Å². The van der Waals surface area contributed by atoms with Gasteiger partial charge in [-0.3, -0.25) is 15.0 Å². The molecular formula is C23H21N3O3S. The van der Waals surface area contributed by atoms with Crippen molar-refractivity contribution in [3.8, 4) is 16.9 Å². The Balaban J connectivity index is 1.60. The molecule has 0 saturated heterocycles. The fraction of sp³-hybridized carbons (Fsp3) is 0.174. The van der Waals surface area contributed by atoms with Crippen molar-refractivity contribution >= 4 is 27.5 Å². The highest BCUT2D eigenvalue weighted by Gasteiger charge is 2.17. The number of carbonyl (C=O) groups excluding carboxylic acids is 1. The Hall–Kier alpha value is -3.45. The normalized spacial score (nSPS) is 10.9. The quantitative estimate of drug-likeness (QED) is 0.510. The lowest BCUT2D eigenvalue weighted by Crippen LogP contribution is -2.35. The number of nitrogens with zero attached hydrogens (tertiary/aromatic N) is 2. The van der Waals surface area contributed by atoms with Crippen LogP contribution in [0.25, 0.3) is 21.3 Å². The first kappa shape index (κ1) is 19.8. The summed E-state index contributed by atoms with van der Waals surface area (Å²) in [4.78, 5) is 31.6. The van der Waals surface area contributed by atoms with Crippen LogP contribution in [-0.4, -0.2) is 22.2 Å². The van der Waals surface area contributed by atoms with Gasteiger partial charge in [-0.2, -0.15) is 0 Å². The number of rotatable bonds is 6. The Bertz CT molecular complexity index is 1260. The topological polar surface area (TPSA) is 73.2 Å². The van der Waals surface area contributed by atoms with E-state index in [0.717, 1.165) is 32.7 Å². The maximum Gasteiger partial charge on any atom is 0.281 e. The summed E-state index contributed by atoms with van der Waals surface area (Å²) in [6.45, 7) is 3.79. The molecule has 0 spiro atoms. The molecule has 4 rings (SSSR count). The van der Waals surface area contributed by atoms with Gasteiger partial charge in [0.15, 0.2) is 6.61 Å². The van der Waals surface area contributed by atoms with Crippen LogP contribution < -0.4 is 15.7 Å². The lowest BCUT2D eigenvalue weighted by molar-refractivity contribution is -0.119. The van der Waals surface area contributed by atoms with Gasteiger partial charge in [0.2, 0.25) is 0 Å². The molecule has 2 heterocycles. The van der Waals surface area contributed by atoms with Crippen LogP contribution in [0.3, 0.4) is 0 Å². The van der Waals surface area contributed by atoms with Crippen LogP contribution >= 0.6 is 11.3 Å². The van der Waals surface area contributed by atoms with Gasteiger partial charge >= 0.3 is 0 Å². The zero-order valence-electron chi connectivity index (χ0n) is 16.7. The van der Waals surface area contributed by atoms with E-state index >= 15 is 0 Å². The number of benzene rings is 2. The van der Waals surface area contributed by atoms with Gasteiger partial charge in [-0.1, -0.05) is 55.5 Å². The van der Waals surface area contributed by atoms with E-state index in [9.17, 15) is 9.59 Å². The third-order valence-corrected chi connectivity index (χ3v) is 5.82. The van der Waals surface area contributed by atoms with Crippen LogP contribution in [0.4, 0.5) is 0 Å². The number of hydrogen-bond donors (Lipinski definition) is 1. The number of aryl methyl sites for hydroxylation is 2. The van der Waals surface area contributed by atoms with Crippen LogP contribution in [0.2, 0.25) is 0 Å². The van der Waals surface area contributed by atoms with Gasteiger partial charge in [-0.15, -0.1) is 11.3 Å². The van der Waals surface area contributed by atoms with Crippen molar-refractivity contribution in [1.82, 2.24) is 9.66 Å². The molecule has 2 aromatic heterocycles. The van der Waals surface area contributed by atoms with Gasteiger partial charge < -0.3 is 4.74 Å². The van der Waals surface area contributed by atoms with Gasteiger partial charge in [0.25, 0.3) is 11.5 Å². The molecule has 0 aliphatic rings. The van der Waals surface area contributed by atoms with Crippen molar-refractivity contribution < 1.29 is 9.53 Å². The van der Waals surface area contributed by atoms with Crippen molar-refractivity contribution in [2.24, 2.45) is 0 Å². The van der Waals surface area contributed by atoms with Crippen molar-refractivity contribution in [2.75, 3.05) is 12.0 Å². The van der Waals surface area contributed by atoms with Crippen molar-refractivity contribution in [3.05, 3.63) is 81.7 Å². The lowest BCUT2D eigenvalue weighted by Gasteiger charge is -2.11. The molecule has 0 unspecified atom stereocenters. The number of para-hydroxylation sites is 1. The second-order valence-corrected chi connectivity index (χ2v) is 7.99. The Morgan fingerprint density at radius 1 is 1.13 bits per heavy atom. The third-order valence-electron chi connectivity index (χ3n) is 4.81. The van der Waals surface area contributed by atoms with Crippen LogP contribution in [0.5, 0.6) is 5.75 Å². The van der Waals surface area contributed by atoms with Gasteiger partial charge in [-0.25, -0.2) is 9.66 Å². The van der Waals surface area contributed by atoms with Crippen LogP contribution in [0.1, 0.15) is 17.4 Å². The number of fused-ring (bicyclic) bond motifs is 1. The first-order valence-corrected chi connectivity index (χ1v) is 10.5. The number of aromatic nitrogens is 2. The Morgan fingerprint density at radius 2 is 1.87 bits per heavy atom. The molecule has 30 heavy (non-hydrogen) atoms. The monoisotopic (exact) mass is 419 g/mol. The van der Waals surface area contributed by atoms with Gasteiger partial charge in [0, 0.05) is 10.4 Å². The summed E-state index contributed by atoms with van der Waals surface area (Å²) >= 11 is 1.47. The van der Waals surface area contributed by atoms with Gasteiger partial charge in [-0.05, 0) is 30.5 Å². The summed E-state index contributed by atoms with van der Waals surface area (Å²) in [5, 5.41) is 0.503. The fourth-order valence-electron chi connectivity index (χ4n) is 3.38. The third kappa shape index (κ3) is 3.84. The van der Waals surface area contributed by atoms with Crippen molar-refractivity contribution in [2.45, 2.75) is 20.3 Å². The van der Waals surface area contributed by atoms with Crippen molar-refractivity contribution in [1.29, 1.82) is 0 Å². The summed E-state index contributed by atoms with van der Waals surface area (Å²) in [5.74, 6) is 0.230. The molecule has 1 N–H and O–H groups in total. The molecule has 0 fully saturated rings. The summed E-state index contributed by atoms with van der Waals surface area (Å²) in [7, 11) is 0. The molecule has 0 aliphatic carbocycles. The van der Waals surface area contributed by atoms with Gasteiger partial charge in [0.05, 0.1) is 5.39 Å². The fourth-order valence-corrected chi connectivity index (χ4v) is 4.38. The predicted octanol–water partition coefficient (Wildman–Crippen LogP) is 4.14. The minimum Gasteiger partial charge on any atom is -0.483 e. The summed E-state index contributed by atoms with van der Waals surface area (Å²) in [6.07, 6.45) is 2.14. The zero-order valence-corrected chi connectivity index (χ0v) is 17.5. The molecule has 0 atom stereocenters. The second kappa shape index (κ2) is 8.51. The van der Waals surface area contributed by atoms with E-state index in [1.54, 1.807) is 0 Å². The molecule has 0 saturated carbocycles.